The Morgan fingerprint density at radius 2 is 1.76 bits per heavy atom. The van der Waals surface area contributed by atoms with Crippen molar-refractivity contribution in [1.82, 2.24) is 9.97 Å². The van der Waals surface area contributed by atoms with Crippen molar-refractivity contribution < 1.29 is 4.74 Å². The van der Waals surface area contributed by atoms with E-state index in [0.717, 1.165) is 40.4 Å². The molecule has 21 heavy (non-hydrogen) atoms. The number of aryl methyl sites for hydroxylation is 1. The number of anilines is 2. The Balaban J connectivity index is 2.01. The monoisotopic (exact) mass is 279 g/mol. The number of nitrogens with one attached hydrogen (secondary N) is 1. The van der Waals surface area contributed by atoms with Gasteiger partial charge in [0.05, 0.1) is 12.6 Å². The van der Waals surface area contributed by atoms with Gasteiger partial charge in [0.1, 0.15) is 17.4 Å². The van der Waals surface area contributed by atoms with Crippen LogP contribution >= 0.6 is 0 Å². The zero-order chi connectivity index (χ0) is 14.7. The lowest BCUT2D eigenvalue weighted by Crippen LogP contribution is -2.01. The summed E-state index contributed by atoms with van der Waals surface area (Å²) >= 11 is 0. The molecule has 4 heteroatoms. The van der Waals surface area contributed by atoms with Gasteiger partial charge in [0.2, 0.25) is 0 Å². The van der Waals surface area contributed by atoms with Crippen molar-refractivity contribution in [2.75, 3.05) is 12.4 Å². The number of aromatic nitrogens is 2. The summed E-state index contributed by atoms with van der Waals surface area (Å²) in [6.45, 7) is 2.06. The number of rotatable bonds is 4. The third-order valence-electron chi connectivity index (χ3n) is 3.32. The number of ether oxygens (including phenoxy) is 1. The zero-order valence-electron chi connectivity index (χ0n) is 12.1. The molecule has 3 rings (SSSR count). The van der Waals surface area contributed by atoms with Crippen LogP contribution in [0, 0.1) is 0 Å². The highest BCUT2D eigenvalue weighted by atomic mass is 16.5. The Labute approximate surface area is 123 Å². The van der Waals surface area contributed by atoms with Gasteiger partial charge in [0.25, 0.3) is 0 Å². The molecular weight excluding hydrogens is 262 g/mol. The minimum atomic E-state index is 0.808. The Bertz CT molecular complexity index is 754. The van der Waals surface area contributed by atoms with Crippen molar-refractivity contribution in [1.29, 1.82) is 0 Å². The first-order valence-electron chi connectivity index (χ1n) is 6.97. The average molecular weight is 279 g/mol. The molecule has 0 aliphatic carbocycles. The minimum absolute atomic E-state index is 0.808. The summed E-state index contributed by atoms with van der Waals surface area (Å²) in [6, 6.07) is 15.8. The van der Waals surface area contributed by atoms with E-state index in [-0.39, 0.29) is 0 Å². The minimum Gasteiger partial charge on any atom is -0.497 e. The first-order chi connectivity index (χ1) is 10.3. The fourth-order valence-corrected chi connectivity index (χ4v) is 2.19. The van der Waals surface area contributed by atoms with E-state index in [0.29, 0.717) is 0 Å². The van der Waals surface area contributed by atoms with E-state index >= 15 is 0 Å². The fraction of sp³-hybridized carbons (Fsp3) is 0.176. The number of methoxy groups -OCH3 is 1. The average Bonchev–Trinajstić information content (AvgIpc) is 2.55. The van der Waals surface area contributed by atoms with E-state index in [2.05, 4.69) is 22.2 Å². The maximum Gasteiger partial charge on any atom is 0.142 e. The Kier molecular flexibility index (Phi) is 3.69. The summed E-state index contributed by atoms with van der Waals surface area (Å²) in [6.07, 6.45) is 0.808. The SMILES string of the molecule is CCc1nc(Nc2ccc(OC)cc2)c2ccccc2n1. The van der Waals surface area contributed by atoms with Gasteiger partial charge in [0.15, 0.2) is 0 Å². The summed E-state index contributed by atoms with van der Waals surface area (Å²) in [5.41, 5.74) is 1.93. The van der Waals surface area contributed by atoms with Gasteiger partial charge in [-0.3, -0.25) is 0 Å². The number of para-hydroxylation sites is 1. The van der Waals surface area contributed by atoms with Gasteiger partial charge >= 0.3 is 0 Å². The van der Waals surface area contributed by atoms with E-state index in [1.54, 1.807) is 7.11 Å². The zero-order valence-corrected chi connectivity index (χ0v) is 12.1. The largest absolute Gasteiger partial charge is 0.497 e. The molecule has 0 aliphatic heterocycles. The molecule has 1 N–H and O–H groups in total. The maximum atomic E-state index is 5.17. The van der Waals surface area contributed by atoms with E-state index < -0.39 is 0 Å². The maximum absolute atomic E-state index is 5.17. The van der Waals surface area contributed by atoms with Crippen molar-refractivity contribution in [3.05, 3.63) is 54.4 Å². The molecule has 2 aromatic carbocycles. The number of fused-ring (bicyclic) bond motifs is 1. The second-order valence-electron chi connectivity index (χ2n) is 4.71. The Morgan fingerprint density at radius 1 is 1.00 bits per heavy atom. The Hall–Kier alpha value is -2.62. The van der Waals surface area contributed by atoms with E-state index in [4.69, 9.17) is 4.74 Å². The number of benzene rings is 2. The van der Waals surface area contributed by atoms with Gasteiger partial charge in [-0.2, -0.15) is 0 Å². The van der Waals surface area contributed by atoms with Crippen LogP contribution in [-0.4, -0.2) is 17.1 Å². The summed E-state index contributed by atoms with van der Waals surface area (Å²) in [5.74, 6) is 2.51. The molecule has 1 aromatic heterocycles. The van der Waals surface area contributed by atoms with Crippen LogP contribution in [0.3, 0.4) is 0 Å². The van der Waals surface area contributed by atoms with Gasteiger partial charge in [-0.05, 0) is 36.4 Å². The van der Waals surface area contributed by atoms with Crippen LogP contribution < -0.4 is 10.1 Å². The summed E-state index contributed by atoms with van der Waals surface area (Å²) in [7, 11) is 1.66. The normalized spacial score (nSPS) is 10.6. The highest BCUT2D eigenvalue weighted by Crippen LogP contribution is 2.25. The van der Waals surface area contributed by atoms with Crippen LogP contribution in [0.15, 0.2) is 48.5 Å². The molecule has 0 bridgehead atoms. The van der Waals surface area contributed by atoms with Crippen molar-refractivity contribution in [2.24, 2.45) is 0 Å². The molecule has 0 aliphatic rings. The van der Waals surface area contributed by atoms with Crippen LogP contribution in [0.25, 0.3) is 10.9 Å². The first-order valence-corrected chi connectivity index (χ1v) is 6.97. The smallest absolute Gasteiger partial charge is 0.142 e. The number of hydrogen-bond acceptors (Lipinski definition) is 4. The summed E-state index contributed by atoms with van der Waals surface area (Å²) < 4.78 is 5.17. The van der Waals surface area contributed by atoms with Gasteiger partial charge in [-0.1, -0.05) is 19.1 Å². The van der Waals surface area contributed by atoms with E-state index in [1.807, 2.05) is 48.5 Å². The lowest BCUT2D eigenvalue weighted by molar-refractivity contribution is 0.415. The topological polar surface area (TPSA) is 47.0 Å². The van der Waals surface area contributed by atoms with Crippen LogP contribution in [0.4, 0.5) is 11.5 Å². The molecule has 0 unspecified atom stereocenters. The first kappa shape index (κ1) is 13.4. The molecule has 3 aromatic rings. The molecule has 0 saturated heterocycles. The fourth-order valence-electron chi connectivity index (χ4n) is 2.19. The molecule has 0 saturated carbocycles. The van der Waals surface area contributed by atoms with E-state index in [9.17, 15) is 0 Å². The van der Waals surface area contributed by atoms with Crippen molar-refractivity contribution in [3.63, 3.8) is 0 Å². The second-order valence-corrected chi connectivity index (χ2v) is 4.71. The molecular formula is C17H17N3O. The molecule has 4 nitrogen and oxygen atoms in total. The van der Waals surface area contributed by atoms with Crippen molar-refractivity contribution in [3.8, 4) is 5.75 Å². The van der Waals surface area contributed by atoms with Crippen molar-refractivity contribution >= 4 is 22.4 Å². The Morgan fingerprint density at radius 3 is 2.48 bits per heavy atom. The van der Waals surface area contributed by atoms with Gasteiger partial charge in [0, 0.05) is 17.5 Å². The van der Waals surface area contributed by atoms with Crippen LogP contribution in [0.5, 0.6) is 5.75 Å². The van der Waals surface area contributed by atoms with Gasteiger partial charge in [-0.15, -0.1) is 0 Å². The standard InChI is InChI=1S/C17H17N3O/c1-3-16-19-15-7-5-4-6-14(15)17(20-16)18-12-8-10-13(21-2)11-9-12/h4-11H,3H2,1-2H3,(H,18,19,20). The van der Waals surface area contributed by atoms with Crippen LogP contribution in [0.1, 0.15) is 12.7 Å². The predicted molar refractivity (Wildman–Crippen MR) is 85.2 cm³/mol. The highest BCUT2D eigenvalue weighted by Gasteiger charge is 2.06. The predicted octanol–water partition coefficient (Wildman–Crippen LogP) is 3.94. The third-order valence-corrected chi connectivity index (χ3v) is 3.32. The van der Waals surface area contributed by atoms with E-state index in [1.165, 1.54) is 0 Å². The quantitative estimate of drug-likeness (QED) is 0.785. The molecule has 0 radical (unpaired) electrons. The third kappa shape index (κ3) is 2.79. The molecule has 1 heterocycles. The van der Waals surface area contributed by atoms with Crippen molar-refractivity contribution in [2.45, 2.75) is 13.3 Å². The summed E-state index contributed by atoms with van der Waals surface area (Å²) in [4.78, 5) is 9.16. The molecule has 0 spiro atoms. The number of nitrogens with zero attached hydrogens (tertiary/aromatic N) is 2. The second kappa shape index (κ2) is 5.79. The molecule has 0 atom stereocenters. The van der Waals surface area contributed by atoms with Gasteiger partial charge in [-0.25, -0.2) is 9.97 Å². The molecule has 0 amide bonds. The van der Waals surface area contributed by atoms with Gasteiger partial charge < -0.3 is 10.1 Å². The van der Waals surface area contributed by atoms with Crippen LogP contribution in [0.2, 0.25) is 0 Å². The number of hydrogen-bond donors (Lipinski definition) is 1. The van der Waals surface area contributed by atoms with Crippen LogP contribution in [-0.2, 0) is 6.42 Å². The molecule has 0 fully saturated rings. The summed E-state index contributed by atoms with van der Waals surface area (Å²) in [5, 5.41) is 4.39. The highest BCUT2D eigenvalue weighted by molar-refractivity contribution is 5.90. The molecule has 106 valence electrons. The lowest BCUT2D eigenvalue weighted by atomic mass is 10.2. The lowest BCUT2D eigenvalue weighted by Gasteiger charge is -2.10.